The van der Waals surface area contributed by atoms with Gasteiger partial charge in [0.25, 0.3) is 0 Å². The molecule has 21 heavy (non-hydrogen) atoms. The fourth-order valence-electron chi connectivity index (χ4n) is 3.84. The second-order valence-electron chi connectivity index (χ2n) is 6.93. The molecule has 2 aliphatic rings. The minimum atomic E-state index is 0.665. The lowest BCUT2D eigenvalue weighted by Gasteiger charge is -2.42. The van der Waals surface area contributed by atoms with E-state index >= 15 is 0 Å². The van der Waals surface area contributed by atoms with Crippen LogP contribution in [0.3, 0.4) is 0 Å². The SMILES string of the molecule is CCCCn1cc(CN2C[C@@H]3CCCN3C[C@H]2C)c(C)n1. The predicted molar refractivity (Wildman–Crippen MR) is 86.3 cm³/mol. The lowest BCUT2D eigenvalue weighted by atomic mass is 10.1. The van der Waals surface area contributed by atoms with Gasteiger partial charge in [-0.25, -0.2) is 0 Å². The Bertz CT molecular complexity index is 467. The summed E-state index contributed by atoms with van der Waals surface area (Å²) < 4.78 is 2.14. The summed E-state index contributed by atoms with van der Waals surface area (Å²) in [6.45, 7) is 12.7. The van der Waals surface area contributed by atoms with E-state index in [2.05, 4.69) is 46.5 Å². The Labute approximate surface area is 129 Å². The monoisotopic (exact) mass is 290 g/mol. The number of nitrogens with zero attached hydrogens (tertiary/aromatic N) is 4. The molecule has 0 unspecified atom stereocenters. The van der Waals surface area contributed by atoms with Crippen LogP contribution in [0, 0.1) is 6.92 Å². The third-order valence-corrected chi connectivity index (χ3v) is 5.23. The summed E-state index contributed by atoms with van der Waals surface area (Å²) in [7, 11) is 0. The molecule has 0 saturated carbocycles. The van der Waals surface area contributed by atoms with Gasteiger partial charge in [-0.1, -0.05) is 13.3 Å². The molecule has 0 amide bonds. The van der Waals surface area contributed by atoms with E-state index in [9.17, 15) is 0 Å². The van der Waals surface area contributed by atoms with Crippen LogP contribution in [0.25, 0.3) is 0 Å². The highest BCUT2D eigenvalue weighted by atomic mass is 15.3. The first-order valence-corrected chi connectivity index (χ1v) is 8.68. The van der Waals surface area contributed by atoms with Gasteiger partial charge in [0.2, 0.25) is 0 Å². The van der Waals surface area contributed by atoms with Crippen molar-refractivity contribution in [2.24, 2.45) is 0 Å². The highest BCUT2D eigenvalue weighted by Gasteiger charge is 2.34. The molecule has 2 aliphatic heterocycles. The van der Waals surface area contributed by atoms with Gasteiger partial charge in [0, 0.05) is 50.0 Å². The Morgan fingerprint density at radius 2 is 2.19 bits per heavy atom. The molecule has 1 aromatic heterocycles. The Hall–Kier alpha value is -0.870. The van der Waals surface area contributed by atoms with Crippen LogP contribution in [0.4, 0.5) is 0 Å². The lowest BCUT2D eigenvalue weighted by molar-refractivity contribution is 0.0539. The van der Waals surface area contributed by atoms with E-state index in [1.807, 2.05) is 0 Å². The summed E-state index contributed by atoms with van der Waals surface area (Å²) in [4.78, 5) is 5.36. The van der Waals surface area contributed by atoms with E-state index in [4.69, 9.17) is 0 Å². The summed E-state index contributed by atoms with van der Waals surface area (Å²) in [5, 5.41) is 4.68. The molecular formula is C17H30N4. The van der Waals surface area contributed by atoms with Crippen molar-refractivity contribution in [3.8, 4) is 0 Å². The van der Waals surface area contributed by atoms with E-state index in [1.54, 1.807) is 0 Å². The summed E-state index contributed by atoms with van der Waals surface area (Å²) in [5.41, 5.74) is 2.64. The van der Waals surface area contributed by atoms with Crippen molar-refractivity contribution in [3.05, 3.63) is 17.5 Å². The van der Waals surface area contributed by atoms with Crippen LogP contribution >= 0.6 is 0 Å². The van der Waals surface area contributed by atoms with Crippen molar-refractivity contribution < 1.29 is 0 Å². The fraction of sp³-hybridized carbons (Fsp3) is 0.824. The normalized spacial score (nSPS) is 27.2. The minimum Gasteiger partial charge on any atom is -0.298 e. The Morgan fingerprint density at radius 3 is 3.00 bits per heavy atom. The number of fused-ring (bicyclic) bond motifs is 1. The summed E-state index contributed by atoms with van der Waals surface area (Å²) in [6.07, 6.45) is 7.50. The number of piperazine rings is 1. The third-order valence-electron chi connectivity index (χ3n) is 5.23. The smallest absolute Gasteiger partial charge is 0.0638 e. The van der Waals surface area contributed by atoms with Gasteiger partial charge >= 0.3 is 0 Å². The highest BCUT2D eigenvalue weighted by molar-refractivity contribution is 5.16. The van der Waals surface area contributed by atoms with Gasteiger partial charge in [0.15, 0.2) is 0 Å². The van der Waals surface area contributed by atoms with E-state index in [0.29, 0.717) is 6.04 Å². The third kappa shape index (κ3) is 3.32. The van der Waals surface area contributed by atoms with E-state index < -0.39 is 0 Å². The predicted octanol–water partition coefficient (Wildman–Crippen LogP) is 2.66. The van der Waals surface area contributed by atoms with Crippen molar-refractivity contribution >= 4 is 0 Å². The maximum atomic E-state index is 4.68. The Balaban J connectivity index is 1.64. The zero-order valence-corrected chi connectivity index (χ0v) is 13.9. The van der Waals surface area contributed by atoms with Gasteiger partial charge in [-0.3, -0.25) is 14.5 Å². The van der Waals surface area contributed by atoms with Crippen molar-refractivity contribution in [3.63, 3.8) is 0 Å². The summed E-state index contributed by atoms with van der Waals surface area (Å²) in [6, 6.07) is 1.47. The molecule has 0 bridgehead atoms. The number of hydrogen-bond acceptors (Lipinski definition) is 3. The van der Waals surface area contributed by atoms with Crippen LogP contribution in [0.5, 0.6) is 0 Å². The highest BCUT2D eigenvalue weighted by Crippen LogP contribution is 2.26. The molecule has 3 heterocycles. The van der Waals surface area contributed by atoms with Crippen LogP contribution in [-0.4, -0.2) is 51.3 Å². The van der Waals surface area contributed by atoms with Crippen LogP contribution in [0.15, 0.2) is 6.20 Å². The van der Waals surface area contributed by atoms with Gasteiger partial charge in [-0.2, -0.15) is 5.10 Å². The first-order valence-electron chi connectivity index (χ1n) is 8.68. The largest absolute Gasteiger partial charge is 0.298 e. The van der Waals surface area contributed by atoms with Crippen LogP contribution in [-0.2, 0) is 13.1 Å². The maximum Gasteiger partial charge on any atom is 0.0638 e. The Kier molecular flexibility index (Phi) is 4.65. The number of aryl methyl sites for hydroxylation is 2. The first-order chi connectivity index (χ1) is 10.2. The molecule has 0 radical (unpaired) electrons. The van der Waals surface area contributed by atoms with Crippen molar-refractivity contribution in [1.82, 2.24) is 19.6 Å². The van der Waals surface area contributed by atoms with E-state index in [-0.39, 0.29) is 0 Å². The van der Waals surface area contributed by atoms with Gasteiger partial charge in [0.1, 0.15) is 0 Å². The average Bonchev–Trinajstić information content (AvgIpc) is 3.04. The minimum absolute atomic E-state index is 0.665. The quantitative estimate of drug-likeness (QED) is 0.833. The molecule has 0 aromatic carbocycles. The zero-order chi connectivity index (χ0) is 14.8. The Morgan fingerprint density at radius 1 is 1.33 bits per heavy atom. The molecular weight excluding hydrogens is 260 g/mol. The molecule has 2 atom stereocenters. The zero-order valence-electron chi connectivity index (χ0n) is 13.9. The topological polar surface area (TPSA) is 24.3 Å². The molecule has 4 heteroatoms. The standard InChI is InChI=1S/C17H30N4/c1-4-5-9-21-12-16(15(3)18-21)11-20-13-17-7-6-8-19(17)10-14(20)2/h12,14,17H,4-11,13H2,1-3H3/t14-,17+/m1/s1. The molecule has 4 nitrogen and oxygen atoms in total. The van der Waals surface area contributed by atoms with Crippen LogP contribution in [0.1, 0.15) is 50.8 Å². The molecule has 1 aromatic rings. The number of rotatable bonds is 5. The molecule has 0 spiro atoms. The number of hydrogen-bond donors (Lipinski definition) is 0. The molecule has 3 rings (SSSR count). The van der Waals surface area contributed by atoms with Crippen molar-refractivity contribution in [2.75, 3.05) is 19.6 Å². The van der Waals surface area contributed by atoms with Gasteiger partial charge < -0.3 is 0 Å². The molecule has 118 valence electrons. The second kappa shape index (κ2) is 6.49. The van der Waals surface area contributed by atoms with Crippen LogP contribution in [0.2, 0.25) is 0 Å². The first kappa shape index (κ1) is 15.0. The van der Waals surface area contributed by atoms with Crippen LogP contribution < -0.4 is 0 Å². The van der Waals surface area contributed by atoms with Gasteiger partial charge in [0.05, 0.1) is 5.69 Å². The second-order valence-corrected chi connectivity index (χ2v) is 6.93. The molecule has 0 N–H and O–H groups in total. The number of unbranched alkanes of at least 4 members (excludes halogenated alkanes) is 1. The average molecular weight is 290 g/mol. The molecule has 2 fully saturated rings. The van der Waals surface area contributed by atoms with Gasteiger partial charge in [-0.05, 0) is 39.7 Å². The van der Waals surface area contributed by atoms with Crippen molar-refractivity contribution in [1.29, 1.82) is 0 Å². The molecule has 0 aliphatic carbocycles. The summed E-state index contributed by atoms with van der Waals surface area (Å²) >= 11 is 0. The van der Waals surface area contributed by atoms with Crippen molar-refractivity contribution in [2.45, 2.75) is 71.6 Å². The summed E-state index contributed by atoms with van der Waals surface area (Å²) in [5.74, 6) is 0. The molecule has 2 saturated heterocycles. The van der Waals surface area contributed by atoms with E-state index in [0.717, 1.165) is 19.1 Å². The van der Waals surface area contributed by atoms with E-state index in [1.165, 1.54) is 56.6 Å². The number of aromatic nitrogens is 2. The maximum absolute atomic E-state index is 4.68. The fourth-order valence-corrected chi connectivity index (χ4v) is 3.84. The van der Waals surface area contributed by atoms with Gasteiger partial charge in [-0.15, -0.1) is 0 Å². The lowest BCUT2D eigenvalue weighted by Crippen LogP contribution is -2.54.